The van der Waals surface area contributed by atoms with E-state index in [1.165, 1.54) is 31.6 Å². The first-order valence-corrected chi connectivity index (χ1v) is 11.2. The Morgan fingerprint density at radius 1 is 1.04 bits per heavy atom. The number of hydrogen-bond donors (Lipinski definition) is 0. The van der Waals surface area contributed by atoms with Gasteiger partial charge in [-0.2, -0.15) is 0 Å². The average Bonchev–Trinajstić information content (AvgIpc) is 2.67. The summed E-state index contributed by atoms with van der Waals surface area (Å²) in [5.74, 6) is 1.69. The summed E-state index contributed by atoms with van der Waals surface area (Å²) >= 11 is 0. The van der Waals surface area contributed by atoms with Crippen LogP contribution in [-0.4, -0.2) is 89.6 Å². The Kier molecular flexibility index (Phi) is 7.66. The number of piperazine rings is 2. The Balaban J connectivity index is 1.52. The molecule has 2 atom stereocenters. The van der Waals surface area contributed by atoms with Crippen LogP contribution in [-0.2, 0) is 6.54 Å². The number of hydrogen-bond acceptors (Lipinski definition) is 6. The minimum atomic E-state index is 0.452. The van der Waals surface area contributed by atoms with E-state index in [1.807, 2.05) is 12.4 Å². The highest BCUT2D eigenvalue weighted by Crippen LogP contribution is 2.22. The molecule has 2 saturated heterocycles. The molecule has 0 radical (unpaired) electrons. The first kappa shape index (κ1) is 21.5. The van der Waals surface area contributed by atoms with Gasteiger partial charge in [0.2, 0.25) is 5.95 Å². The summed E-state index contributed by atoms with van der Waals surface area (Å²) in [6.07, 6.45) is 6.52. The van der Waals surface area contributed by atoms with E-state index in [0.29, 0.717) is 12.1 Å². The highest BCUT2D eigenvalue weighted by Gasteiger charge is 2.31. The third-order valence-corrected chi connectivity index (χ3v) is 6.25. The summed E-state index contributed by atoms with van der Waals surface area (Å²) in [4.78, 5) is 19.5. The molecule has 28 heavy (non-hydrogen) atoms. The van der Waals surface area contributed by atoms with Gasteiger partial charge in [-0.3, -0.25) is 4.90 Å². The Morgan fingerprint density at radius 2 is 1.68 bits per heavy atom. The molecule has 158 valence electrons. The Morgan fingerprint density at radius 3 is 2.29 bits per heavy atom. The van der Waals surface area contributed by atoms with Gasteiger partial charge in [-0.25, -0.2) is 9.97 Å². The van der Waals surface area contributed by atoms with Gasteiger partial charge in [0.05, 0.1) is 0 Å². The van der Waals surface area contributed by atoms with Gasteiger partial charge in [-0.15, -0.1) is 0 Å². The van der Waals surface area contributed by atoms with Crippen LogP contribution in [0, 0.1) is 5.92 Å². The summed E-state index contributed by atoms with van der Waals surface area (Å²) in [6.45, 7) is 18.2. The van der Waals surface area contributed by atoms with Crippen molar-refractivity contribution in [2.45, 2.75) is 59.2 Å². The van der Waals surface area contributed by atoms with Crippen LogP contribution in [0.4, 0.5) is 5.95 Å². The monoisotopic (exact) mass is 388 g/mol. The standard InChI is InChI=1S/C22H40N6/c1-6-21-17-25(5)15-19(4)28(21)22-23-13-20(14-24-22)16-27-11-9-26(10-12-27)8-7-18(2)3/h13-14,18-19,21H,6-12,15-17H2,1-5H3. The molecule has 3 heterocycles. The van der Waals surface area contributed by atoms with Crippen LogP contribution in [0.5, 0.6) is 0 Å². The van der Waals surface area contributed by atoms with Crippen molar-refractivity contribution in [3.8, 4) is 0 Å². The molecule has 6 heteroatoms. The predicted octanol–water partition coefficient (Wildman–Crippen LogP) is 2.56. The molecule has 2 unspecified atom stereocenters. The number of nitrogens with zero attached hydrogens (tertiary/aromatic N) is 6. The van der Waals surface area contributed by atoms with E-state index in [0.717, 1.165) is 51.0 Å². The fraction of sp³-hybridized carbons (Fsp3) is 0.818. The smallest absolute Gasteiger partial charge is 0.225 e. The number of likely N-dealkylation sites (N-methyl/N-ethyl adjacent to an activating group) is 1. The lowest BCUT2D eigenvalue weighted by Crippen LogP contribution is -2.57. The van der Waals surface area contributed by atoms with E-state index in [4.69, 9.17) is 9.97 Å². The summed E-state index contributed by atoms with van der Waals surface area (Å²) in [6, 6.07) is 0.951. The molecule has 2 aliphatic rings. The zero-order valence-corrected chi connectivity index (χ0v) is 18.6. The SMILES string of the molecule is CCC1CN(C)CC(C)N1c1ncc(CN2CCN(CCC(C)C)CC2)cn1. The van der Waals surface area contributed by atoms with Crippen LogP contribution in [0.25, 0.3) is 0 Å². The lowest BCUT2D eigenvalue weighted by atomic mass is 10.1. The molecule has 0 saturated carbocycles. The largest absolute Gasteiger partial charge is 0.333 e. The molecular weight excluding hydrogens is 348 g/mol. The molecule has 0 aliphatic carbocycles. The average molecular weight is 389 g/mol. The fourth-order valence-corrected chi connectivity index (χ4v) is 4.54. The molecule has 1 aromatic heterocycles. The van der Waals surface area contributed by atoms with Crippen LogP contribution < -0.4 is 4.90 Å². The highest BCUT2D eigenvalue weighted by atomic mass is 15.4. The van der Waals surface area contributed by atoms with E-state index in [2.05, 4.69) is 54.3 Å². The molecular formula is C22H40N6. The number of anilines is 1. The zero-order valence-electron chi connectivity index (χ0n) is 18.6. The molecule has 6 nitrogen and oxygen atoms in total. The molecule has 3 rings (SSSR count). The number of aromatic nitrogens is 2. The fourth-order valence-electron chi connectivity index (χ4n) is 4.54. The van der Waals surface area contributed by atoms with Crippen molar-refractivity contribution in [2.75, 3.05) is 57.8 Å². The van der Waals surface area contributed by atoms with Gasteiger partial charge in [0.1, 0.15) is 0 Å². The maximum Gasteiger partial charge on any atom is 0.225 e. The van der Waals surface area contributed by atoms with E-state index >= 15 is 0 Å². The maximum atomic E-state index is 4.76. The second-order valence-corrected chi connectivity index (χ2v) is 9.23. The lowest BCUT2D eigenvalue weighted by molar-refractivity contribution is 0.123. The predicted molar refractivity (Wildman–Crippen MR) is 117 cm³/mol. The summed E-state index contributed by atoms with van der Waals surface area (Å²) < 4.78 is 0. The normalized spacial score (nSPS) is 25.6. The Bertz CT molecular complexity index is 581. The van der Waals surface area contributed by atoms with Crippen molar-refractivity contribution in [2.24, 2.45) is 5.92 Å². The molecule has 1 aromatic rings. The van der Waals surface area contributed by atoms with Crippen LogP contribution in [0.2, 0.25) is 0 Å². The summed E-state index contributed by atoms with van der Waals surface area (Å²) in [5.41, 5.74) is 1.23. The van der Waals surface area contributed by atoms with Crippen molar-refractivity contribution in [1.29, 1.82) is 0 Å². The van der Waals surface area contributed by atoms with Crippen LogP contribution in [0.3, 0.4) is 0 Å². The molecule has 0 spiro atoms. The lowest BCUT2D eigenvalue weighted by Gasteiger charge is -2.44. The van der Waals surface area contributed by atoms with Crippen molar-refractivity contribution in [1.82, 2.24) is 24.7 Å². The highest BCUT2D eigenvalue weighted by molar-refractivity contribution is 5.35. The Hall–Kier alpha value is -1.24. The number of rotatable bonds is 7. The quantitative estimate of drug-likeness (QED) is 0.715. The molecule has 0 N–H and O–H groups in total. The zero-order chi connectivity index (χ0) is 20.1. The van der Waals surface area contributed by atoms with Crippen molar-refractivity contribution in [3.05, 3.63) is 18.0 Å². The molecule has 0 bridgehead atoms. The van der Waals surface area contributed by atoms with Gasteiger partial charge >= 0.3 is 0 Å². The molecule has 0 amide bonds. The van der Waals surface area contributed by atoms with E-state index in [1.54, 1.807) is 0 Å². The van der Waals surface area contributed by atoms with Crippen molar-refractivity contribution in [3.63, 3.8) is 0 Å². The van der Waals surface area contributed by atoms with Gasteiger partial charge < -0.3 is 14.7 Å². The van der Waals surface area contributed by atoms with Crippen LogP contribution in [0.1, 0.15) is 46.1 Å². The molecule has 2 fully saturated rings. The van der Waals surface area contributed by atoms with Gasteiger partial charge in [-0.1, -0.05) is 20.8 Å². The van der Waals surface area contributed by atoms with Crippen LogP contribution >= 0.6 is 0 Å². The third kappa shape index (κ3) is 5.65. The van der Waals surface area contributed by atoms with Crippen LogP contribution in [0.15, 0.2) is 12.4 Å². The van der Waals surface area contributed by atoms with Gasteiger partial charge in [-0.05, 0) is 39.3 Å². The maximum absolute atomic E-state index is 4.76. The minimum absolute atomic E-state index is 0.452. The molecule has 2 aliphatic heterocycles. The summed E-state index contributed by atoms with van der Waals surface area (Å²) in [5, 5.41) is 0. The summed E-state index contributed by atoms with van der Waals surface area (Å²) in [7, 11) is 2.21. The first-order chi connectivity index (χ1) is 13.5. The second kappa shape index (κ2) is 9.99. The second-order valence-electron chi connectivity index (χ2n) is 9.23. The first-order valence-electron chi connectivity index (χ1n) is 11.2. The van der Waals surface area contributed by atoms with E-state index in [9.17, 15) is 0 Å². The molecule has 0 aromatic carbocycles. The topological polar surface area (TPSA) is 38.7 Å². The van der Waals surface area contributed by atoms with E-state index < -0.39 is 0 Å². The van der Waals surface area contributed by atoms with E-state index in [-0.39, 0.29) is 0 Å². The third-order valence-electron chi connectivity index (χ3n) is 6.25. The van der Waals surface area contributed by atoms with Crippen molar-refractivity contribution >= 4 is 5.95 Å². The Labute approximate surface area is 171 Å². The minimum Gasteiger partial charge on any atom is -0.333 e. The van der Waals surface area contributed by atoms with Gasteiger partial charge in [0.25, 0.3) is 0 Å². The van der Waals surface area contributed by atoms with Gasteiger partial charge in [0, 0.05) is 75.9 Å². The van der Waals surface area contributed by atoms with Gasteiger partial charge in [0.15, 0.2) is 0 Å². The van der Waals surface area contributed by atoms with Crippen molar-refractivity contribution < 1.29 is 0 Å².